The number of carboxylic acids is 1. The Kier molecular flexibility index (Phi) is 3.38. The van der Waals surface area contributed by atoms with Gasteiger partial charge in [0.15, 0.2) is 0 Å². The maximum Gasteiger partial charge on any atom is 0.340 e. The Morgan fingerprint density at radius 3 is 2.83 bits per heavy atom. The summed E-state index contributed by atoms with van der Waals surface area (Å²) < 4.78 is 13.3. The second-order valence-corrected chi connectivity index (χ2v) is 4.50. The van der Waals surface area contributed by atoms with Crippen LogP contribution in [0.1, 0.15) is 16.8 Å². The van der Waals surface area contributed by atoms with E-state index < -0.39 is 11.8 Å². The van der Waals surface area contributed by atoms with Crippen molar-refractivity contribution in [3.63, 3.8) is 0 Å². The second-order valence-electron chi connectivity index (χ2n) is 4.50. The van der Waals surface area contributed by atoms with E-state index in [1.807, 2.05) is 4.90 Å². The molecule has 1 fully saturated rings. The lowest BCUT2D eigenvalue weighted by atomic mass is 10.1. The summed E-state index contributed by atoms with van der Waals surface area (Å²) in [7, 11) is 0. The summed E-state index contributed by atoms with van der Waals surface area (Å²) in [4.78, 5) is 13.1. The van der Waals surface area contributed by atoms with E-state index in [4.69, 9.17) is 16.6 Å². The summed E-state index contributed by atoms with van der Waals surface area (Å²) in [5, 5.41) is 9.16. The van der Waals surface area contributed by atoms with Gasteiger partial charge >= 0.3 is 5.97 Å². The fraction of sp³-hybridized carbons (Fsp3) is 0.417. The van der Waals surface area contributed by atoms with Crippen molar-refractivity contribution >= 4 is 17.3 Å². The van der Waals surface area contributed by atoms with E-state index in [0.717, 1.165) is 6.42 Å². The highest BCUT2D eigenvalue weighted by Gasteiger charge is 2.27. The van der Waals surface area contributed by atoms with E-state index in [1.54, 1.807) is 0 Å². The van der Waals surface area contributed by atoms with E-state index in [-0.39, 0.29) is 11.3 Å². The second kappa shape index (κ2) is 4.81. The molecule has 6 heteroatoms. The number of carboxylic acid groups (broad SMARTS) is 1. The Bertz CT molecular complexity index is 479. The molecule has 1 heterocycles. The lowest BCUT2D eigenvalue weighted by Crippen LogP contribution is -2.25. The van der Waals surface area contributed by atoms with Gasteiger partial charge in [-0.25, -0.2) is 9.18 Å². The molecular formula is C12H16FN3O2. The zero-order valence-corrected chi connectivity index (χ0v) is 9.90. The van der Waals surface area contributed by atoms with Gasteiger partial charge in [0, 0.05) is 13.1 Å². The summed E-state index contributed by atoms with van der Waals surface area (Å²) in [6.45, 7) is 1.96. The monoisotopic (exact) mass is 253 g/mol. The molecule has 2 rings (SSSR count). The molecule has 0 saturated carbocycles. The summed E-state index contributed by atoms with van der Waals surface area (Å²) in [5.74, 6) is -1.57. The van der Waals surface area contributed by atoms with E-state index >= 15 is 0 Å². The van der Waals surface area contributed by atoms with Gasteiger partial charge in [0.05, 0.1) is 11.4 Å². The van der Waals surface area contributed by atoms with Crippen molar-refractivity contribution in [2.45, 2.75) is 6.42 Å². The molecule has 1 aromatic carbocycles. The van der Waals surface area contributed by atoms with E-state index in [0.29, 0.717) is 31.2 Å². The van der Waals surface area contributed by atoms with Gasteiger partial charge < -0.3 is 21.5 Å². The van der Waals surface area contributed by atoms with Gasteiger partial charge in [-0.1, -0.05) is 0 Å². The van der Waals surface area contributed by atoms with Gasteiger partial charge in [0.1, 0.15) is 11.4 Å². The molecular weight excluding hydrogens is 237 g/mol. The predicted octanol–water partition coefficient (Wildman–Crippen LogP) is 0.891. The molecule has 0 amide bonds. The lowest BCUT2D eigenvalue weighted by Gasteiger charge is -2.21. The first-order valence-corrected chi connectivity index (χ1v) is 5.81. The number of rotatable bonds is 3. The van der Waals surface area contributed by atoms with Gasteiger partial charge in [-0.2, -0.15) is 0 Å². The van der Waals surface area contributed by atoms with Crippen molar-refractivity contribution in [3.05, 3.63) is 23.5 Å². The average molecular weight is 253 g/mol. The zero-order chi connectivity index (χ0) is 13.3. The number of nitrogens with zero attached hydrogens (tertiary/aromatic N) is 1. The molecule has 0 aliphatic carbocycles. The fourth-order valence-corrected chi connectivity index (χ4v) is 2.31. The topological polar surface area (TPSA) is 92.6 Å². The molecule has 0 spiro atoms. The first-order valence-electron chi connectivity index (χ1n) is 5.81. The Labute approximate surface area is 104 Å². The molecule has 1 saturated heterocycles. The molecule has 0 radical (unpaired) electrons. The maximum absolute atomic E-state index is 13.3. The van der Waals surface area contributed by atoms with Crippen molar-refractivity contribution in [3.8, 4) is 0 Å². The molecule has 1 aromatic rings. The normalized spacial score (nSPS) is 19.2. The molecule has 0 bridgehead atoms. The summed E-state index contributed by atoms with van der Waals surface area (Å²) in [5.41, 5.74) is 11.1. The van der Waals surface area contributed by atoms with Crippen molar-refractivity contribution < 1.29 is 14.3 Å². The van der Waals surface area contributed by atoms with Crippen LogP contribution >= 0.6 is 0 Å². The standard InChI is InChI=1S/C12H16FN3O2/c13-8-1-2-9(10(11(8)15)12(17)18)16-4-3-7(5-14)6-16/h1-2,7H,3-6,14-15H2,(H,17,18). The number of hydrogen-bond donors (Lipinski definition) is 3. The molecule has 1 atom stereocenters. The summed E-state index contributed by atoms with van der Waals surface area (Å²) in [6.07, 6.45) is 0.910. The first-order chi connectivity index (χ1) is 8.54. The van der Waals surface area contributed by atoms with Gasteiger partial charge in [-0.15, -0.1) is 0 Å². The number of aromatic carboxylic acids is 1. The molecule has 18 heavy (non-hydrogen) atoms. The Balaban J connectivity index is 2.39. The van der Waals surface area contributed by atoms with Crippen LogP contribution in [0.25, 0.3) is 0 Å². The third-order valence-electron chi connectivity index (χ3n) is 3.34. The van der Waals surface area contributed by atoms with Crippen LogP contribution in [0.5, 0.6) is 0 Å². The highest BCUT2D eigenvalue weighted by Crippen LogP contribution is 2.31. The molecule has 1 aliphatic heterocycles. The summed E-state index contributed by atoms with van der Waals surface area (Å²) in [6, 6.07) is 2.67. The minimum atomic E-state index is -1.21. The molecule has 1 unspecified atom stereocenters. The van der Waals surface area contributed by atoms with Gasteiger partial charge in [-0.3, -0.25) is 0 Å². The number of hydrogen-bond acceptors (Lipinski definition) is 4. The first kappa shape index (κ1) is 12.6. The lowest BCUT2D eigenvalue weighted by molar-refractivity contribution is 0.0698. The highest BCUT2D eigenvalue weighted by atomic mass is 19.1. The molecule has 1 aliphatic rings. The molecule has 98 valence electrons. The number of benzene rings is 1. The number of nitrogens with two attached hydrogens (primary N) is 2. The van der Waals surface area contributed by atoms with E-state index in [2.05, 4.69) is 0 Å². The maximum atomic E-state index is 13.3. The zero-order valence-electron chi connectivity index (χ0n) is 9.90. The SMILES string of the molecule is NCC1CCN(c2ccc(F)c(N)c2C(=O)O)C1. The van der Waals surface area contributed by atoms with Crippen LogP contribution in [0, 0.1) is 11.7 Å². The number of carbonyl (C=O) groups is 1. The van der Waals surface area contributed by atoms with Crippen molar-refractivity contribution in [2.75, 3.05) is 30.3 Å². The predicted molar refractivity (Wildman–Crippen MR) is 67.1 cm³/mol. The number of halogens is 1. The van der Waals surface area contributed by atoms with E-state index in [9.17, 15) is 9.18 Å². The van der Waals surface area contributed by atoms with Crippen molar-refractivity contribution in [1.82, 2.24) is 0 Å². The largest absolute Gasteiger partial charge is 0.478 e. The van der Waals surface area contributed by atoms with Crippen LogP contribution in [-0.2, 0) is 0 Å². The van der Waals surface area contributed by atoms with Crippen molar-refractivity contribution in [1.29, 1.82) is 0 Å². The Hall–Kier alpha value is -1.82. The van der Waals surface area contributed by atoms with Crippen LogP contribution in [0.3, 0.4) is 0 Å². The number of nitrogen functional groups attached to an aromatic ring is 1. The van der Waals surface area contributed by atoms with Gasteiger partial charge in [0.2, 0.25) is 0 Å². The molecule has 5 N–H and O–H groups in total. The Morgan fingerprint density at radius 2 is 2.28 bits per heavy atom. The summed E-state index contributed by atoms with van der Waals surface area (Å²) >= 11 is 0. The van der Waals surface area contributed by atoms with Gasteiger partial charge in [0.25, 0.3) is 0 Å². The third kappa shape index (κ3) is 2.11. The van der Waals surface area contributed by atoms with E-state index in [1.165, 1.54) is 12.1 Å². The van der Waals surface area contributed by atoms with Crippen LogP contribution in [0.4, 0.5) is 15.8 Å². The minimum Gasteiger partial charge on any atom is -0.478 e. The van der Waals surface area contributed by atoms with Crippen molar-refractivity contribution in [2.24, 2.45) is 11.7 Å². The Morgan fingerprint density at radius 1 is 1.56 bits per heavy atom. The number of anilines is 2. The minimum absolute atomic E-state index is 0.160. The average Bonchev–Trinajstić information content (AvgIpc) is 2.80. The quantitative estimate of drug-likeness (QED) is 0.696. The molecule has 5 nitrogen and oxygen atoms in total. The van der Waals surface area contributed by atoms with Crippen LogP contribution in [0.15, 0.2) is 12.1 Å². The van der Waals surface area contributed by atoms with Gasteiger partial charge in [-0.05, 0) is 31.0 Å². The molecule has 0 aromatic heterocycles. The third-order valence-corrected chi connectivity index (χ3v) is 3.34. The van der Waals surface area contributed by atoms with Crippen LogP contribution < -0.4 is 16.4 Å². The fourth-order valence-electron chi connectivity index (χ4n) is 2.31. The van der Waals surface area contributed by atoms with Crippen LogP contribution in [-0.4, -0.2) is 30.7 Å². The smallest absolute Gasteiger partial charge is 0.340 e. The highest BCUT2D eigenvalue weighted by molar-refractivity contribution is 6.00. The van der Waals surface area contributed by atoms with Crippen LogP contribution in [0.2, 0.25) is 0 Å².